The van der Waals surface area contributed by atoms with Crippen LogP contribution in [0.5, 0.6) is 0 Å². The van der Waals surface area contributed by atoms with Crippen molar-refractivity contribution in [1.82, 2.24) is 15.2 Å². The number of nitrogens with one attached hydrogen (secondary N) is 1. The van der Waals surface area contributed by atoms with Gasteiger partial charge in [0.15, 0.2) is 5.82 Å². The molecule has 2 aromatic heterocycles. The Balaban J connectivity index is 1.70. The van der Waals surface area contributed by atoms with E-state index >= 15 is 0 Å². The van der Waals surface area contributed by atoms with Crippen molar-refractivity contribution in [2.45, 2.75) is 38.1 Å². The molecule has 0 radical (unpaired) electrons. The van der Waals surface area contributed by atoms with Crippen LogP contribution in [0.2, 0.25) is 0 Å². The van der Waals surface area contributed by atoms with Crippen molar-refractivity contribution < 1.29 is 0 Å². The maximum Gasteiger partial charge on any atom is 0.156 e. The summed E-state index contributed by atoms with van der Waals surface area (Å²) >= 11 is 0. The number of nitrogens with zero attached hydrogens (tertiary/aromatic N) is 3. The Morgan fingerprint density at radius 1 is 0.913 bits per heavy atom. The van der Waals surface area contributed by atoms with E-state index in [0.717, 1.165) is 17.9 Å². The van der Waals surface area contributed by atoms with Gasteiger partial charge in [-0.1, -0.05) is 37.1 Å². The molecule has 1 fully saturated rings. The summed E-state index contributed by atoms with van der Waals surface area (Å²) in [5.74, 6) is 0.922. The molecule has 4 nitrogen and oxygen atoms in total. The number of rotatable bonds is 4. The van der Waals surface area contributed by atoms with Crippen molar-refractivity contribution in [1.29, 1.82) is 0 Å². The number of hydrogen-bond donors (Lipinski definition) is 1. The van der Waals surface area contributed by atoms with Gasteiger partial charge in [-0.25, -0.2) is 0 Å². The van der Waals surface area contributed by atoms with E-state index < -0.39 is 0 Å². The number of benzene rings is 1. The van der Waals surface area contributed by atoms with Gasteiger partial charge in [-0.15, -0.1) is 5.10 Å². The van der Waals surface area contributed by atoms with E-state index in [1.54, 1.807) is 0 Å². The second-order valence-corrected chi connectivity index (χ2v) is 6.20. The van der Waals surface area contributed by atoms with Gasteiger partial charge in [0.2, 0.25) is 0 Å². The summed E-state index contributed by atoms with van der Waals surface area (Å²) in [4.78, 5) is 4.07. The molecule has 1 aromatic carbocycles. The van der Waals surface area contributed by atoms with E-state index in [1.165, 1.54) is 42.0 Å². The predicted molar refractivity (Wildman–Crippen MR) is 92.5 cm³/mol. The topological polar surface area (TPSA) is 50.7 Å². The van der Waals surface area contributed by atoms with Gasteiger partial charge in [-0.3, -0.25) is 4.98 Å². The number of anilines is 1. The second-order valence-electron chi connectivity index (χ2n) is 6.20. The highest BCUT2D eigenvalue weighted by Gasteiger charge is 2.17. The first-order valence-corrected chi connectivity index (χ1v) is 8.30. The molecule has 0 saturated heterocycles. The van der Waals surface area contributed by atoms with Crippen LogP contribution in [-0.2, 0) is 6.42 Å². The van der Waals surface area contributed by atoms with Gasteiger partial charge in [-0.2, -0.15) is 5.10 Å². The fourth-order valence-corrected chi connectivity index (χ4v) is 3.35. The summed E-state index contributed by atoms with van der Waals surface area (Å²) in [5.41, 5.74) is 2.22. The molecule has 1 saturated carbocycles. The molecule has 0 atom stereocenters. The van der Waals surface area contributed by atoms with Crippen LogP contribution in [0.1, 0.15) is 36.9 Å². The zero-order valence-electron chi connectivity index (χ0n) is 13.1. The van der Waals surface area contributed by atoms with Crippen molar-refractivity contribution >= 4 is 16.6 Å². The van der Waals surface area contributed by atoms with E-state index in [-0.39, 0.29) is 0 Å². The molecule has 0 bridgehead atoms. The lowest BCUT2D eigenvalue weighted by Crippen LogP contribution is -2.16. The molecule has 0 amide bonds. The summed E-state index contributed by atoms with van der Waals surface area (Å²) in [6.45, 7) is 0. The quantitative estimate of drug-likeness (QED) is 0.792. The van der Waals surface area contributed by atoms with E-state index in [0.29, 0.717) is 6.04 Å². The zero-order valence-corrected chi connectivity index (χ0v) is 13.1. The lowest BCUT2D eigenvalue weighted by Gasteiger charge is -2.15. The summed E-state index contributed by atoms with van der Waals surface area (Å²) in [7, 11) is 0. The molecule has 0 aliphatic heterocycles. The predicted octanol–water partition coefficient (Wildman–Crippen LogP) is 3.97. The zero-order chi connectivity index (χ0) is 15.5. The standard InChI is InChI=1S/C19H20N4/c1-2-6-15(5-1)21-19-17-8-4-3-7-16(17)18(22-23-19)13-14-9-11-20-12-10-14/h3-4,7-12,15H,1-2,5-6,13H2,(H,21,23). The first kappa shape index (κ1) is 14.1. The summed E-state index contributed by atoms with van der Waals surface area (Å²) in [6.07, 6.45) is 9.50. The molecule has 0 unspecified atom stereocenters. The largest absolute Gasteiger partial charge is 0.365 e. The third-order valence-corrected chi connectivity index (χ3v) is 4.58. The maximum absolute atomic E-state index is 4.51. The van der Waals surface area contributed by atoms with E-state index in [2.05, 4.69) is 44.8 Å². The molecule has 23 heavy (non-hydrogen) atoms. The van der Waals surface area contributed by atoms with E-state index in [9.17, 15) is 0 Å². The molecule has 1 aliphatic rings. The minimum absolute atomic E-state index is 0.541. The Morgan fingerprint density at radius 2 is 1.65 bits per heavy atom. The molecule has 1 N–H and O–H groups in total. The van der Waals surface area contributed by atoms with Gasteiger partial charge in [0.25, 0.3) is 0 Å². The van der Waals surface area contributed by atoms with Crippen LogP contribution >= 0.6 is 0 Å². The van der Waals surface area contributed by atoms with Crippen LogP contribution in [0, 0.1) is 0 Å². The minimum Gasteiger partial charge on any atom is -0.365 e. The average molecular weight is 304 g/mol. The van der Waals surface area contributed by atoms with Crippen LogP contribution in [0.4, 0.5) is 5.82 Å². The van der Waals surface area contributed by atoms with Gasteiger partial charge in [0.1, 0.15) is 0 Å². The number of aromatic nitrogens is 3. The van der Waals surface area contributed by atoms with Gasteiger partial charge in [0.05, 0.1) is 5.69 Å². The van der Waals surface area contributed by atoms with Crippen molar-refractivity contribution in [2.75, 3.05) is 5.32 Å². The SMILES string of the molecule is c1ccc2c(NC3CCCC3)nnc(Cc3ccncc3)c2c1. The molecular formula is C19H20N4. The fraction of sp³-hybridized carbons (Fsp3) is 0.316. The van der Waals surface area contributed by atoms with Crippen LogP contribution in [0.3, 0.4) is 0 Å². The number of pyridine rings is 1. The minimum atomic E-state index is 0.541. The average Bonchev–Trinajstić information content (AvgIpc) is 3.11. The molecular weight excluding hydrogens is 284 g/mol. The van der Waals surface area contributed by atoms with Crippen LogP contribution in [0.15, 0.2) is 48.8 Å². The highest BCUT2D eigenvalue weighted by molar-refractivity contribution is 5.93. The summed E-state index contributed by atoms with van der Waals surface area (Å²) in [6, 6.07) is 13.0. The van der Waals surface area contributed by atoms with Crippen LogP contribution < -0.4 is 5.32 Å². The molecule has 4 rings (SSSR count). The Bertz CT molecular complexity index is 795. The van der Waals surface area contributed by atoms with Gasteiger partial charge in [-0.05, 0) is 30.5 Å². The lowest BCUT2D eigenvalue weighted by molar-refractivity contribution is 0.747. The normalized spacial score (nSPS) is 15.1. The molecule has 2 heterocycles. The Morgan fingerprint density at radius 3 is 2.43 bits per heavy atom. The fourth-order valence-electron chi connectivity index (χ4n) is 3.35. The first-order valence-electron chi connectivity index (χ1n) is 8.30. The second kappa shape index (κ2) is 6.32. The third-order valence-electron chi connectivity index (χ3n) is 4.58. The molecule has 0 spiro atoms. The van der Waals surface area contributed by atoms with Gasteiger partial charge in [0, 0.05) is 35.6 Å². The summed E-state index contributed by atoms with van der Waals surface area (Å²) < 4.78 is 0. The third kappa shape index (κ3) is 3.02. The van der Waals surface area contributed by atoms with Crippen molar-refractivity contribution in [3.05, 3.63) is 60.0 Å². The number of hydrogen-bond acceptors (Lipinski definition) is 4. The summed E-state index contributed by atoms with van der Waals surface area (Å²) in [5, 5.41) is 14.9. The number of fused-ring (bicyclic) bond motifs is 1. The van der Waals surface area contributed by atoms with E-state index in [1.807, 2.05) is 24.5 Å². The monoisotopic (exact) mass is 304 g/mol. The van der Waals surface area contributed by atoms with Crippen LogP contribution in [-0.4, -0.2) is 21.2 Å². The Labute approximate surface area is 136 Å². The highest BCUT2D eigenvalue weighted by atomic mass is 15.2. The van der Waals surface area contributed by atoms with Crippen molar-refractivity contribution in [3.63, 3.8) is 0 Å². The van der Waals surface area contributed by atoms with Gasteiger partial charge < -0.3 is 5.32 Å². The maximum atomic E-state index is 4.51. The first-order chi connectivity index (χ1) is 11.4. The highest BCUT2D eigenvalue weighted by Crippen LogP contribution is 2.27. The molecule has 116 valence electrons. The van der Waals surface area contributed by atoms with Crippen LogP contribution in [0.25, 0.3) is 10.8 Å². The van der Waals surface area contributed by atoms with Crippen molar-refractivity contribution in [2.24, 2.45) is 0 Å². The van der Waals surface area contributed by atoms with Crippen molar-refractivity contribution in [3.8, 4) is 0 Å². The smallest absolute Gasteiger partial charge is 0.156 e. The van der Waals surface area contributed by atoms with E-state index in [4.69, 9.17) is 0 Å². The molecule has 4 heteroatoms. The molecule has 3 aromatic rings. The Hall–Kier alpha value is -2.49. The van der Waals surface area contributed by atoms with Gasteiger partial charge >= 0.3 is 0 Å². The Kier molecular flexibility index (Phi) is 3.88. The lowest BCUT2D eigenvalue weighted by atomic mass is 10.0. The molecule has 1 aliphatic carbocycles.